The van der Waals surface area contributed by atoms with Gasteiger partial charge in [-0.25, -0.2) is 9.48 Å². The largest absolute Gasteiger partial charge is 0.451 e. The molecule has 0 radical (unpaired) electrons. The number of nitriles is 2. The maximum atomic E-state index is 12.1. The van der Waals surface area contributed by atoms with Gasteiger partial charge in [-0.3, -0.25) is 9.59 Å². The number of aryl methyl sites for hydroxylation is 1. The molecule has 0 bridgehead atoms. The number of carbonyl (C=O) groups excluding carboxylic acids is 2. The molecule has 0 saturated heterocycles. The van der Waals surface area contributed by atoms with Crippen molar-refractivity contribution in [2.75, 3.05) is 19.7 Å². The summed E-state index contributed by atoms with van der Waals surface area (Å²) in [7, 11) is 0. The van der Waals surface area contributed by atoms with E-state index in [1.165, 1.54) is 21.7 Å². The fourth-order valence-corrected chi connectivity index (χ4v) is 2.05. The fourth-order valence-electron chi connectivity index (χ4n) is 2.05. The molecule has 0 aromatic carbocycles. The van der Waals surface area contributed by atoms with Crippen molar-refractivity contribution in [2.24, 2.45) is 0 Å². The average molecular weight is 359 g/mol. The van der Waals surface area contributed by atoms with E-state index in [-0.39, 0.29) is 37.2 Å². The second-order valence-electron chi connectivity index (χ2n) is 5.41. The minimum Gasteiger partial charge on any atom is -0.451 e. The van der Waals surface area contributed by atoms with E-state index in [9.17, 15) is 14.4 Å². The van der Waals surface area contributed by atoms with Crippen molar-refractivity contribution >= 4 is 11.9 Å². The predicted molar refractivity (Wildman–Crippen MR) is 90.7 cm³/mol. The van der Waals surface area contributed by atoms with Crippen LogP contribution < -0.4 is 5.56 Å². The third-order valence-electron chi connectivity index (χ3n) is 3.47. The Morgan fingerprint density at radius 1 is 1.23 bits per heavy atom. The molecule has 1 aromatic heterocycles. The minimum atomic E-state index is -0.816. The number of rotatable bonds is 10. The Morgan fingerprint density at radius 3 is 2.46 bits per heavy atom. The van der Waals surface area contributed by atoms with Crippen molar-refractivity contribution in [3.05, 3.63) is 28.2 Å². The Balaban J connectivity index is 2.69. The van der Waals surface area contributed by atoms with Crippen LogP contribution in [0.1, 0.15) is 43.1 Å². The Bertz CT molecular complexity index is 742. The normalized spacial score (nSPS) is 9.81. The molecule has 0 fully saturated rings. The third kappa shape index (κ3) is 6.73. The molecule has 1 heterocycles. The molecule has 1 rings (SSSR count). The summed E-state index contributed by atoms with van der Waals surface area (Å²) in [5.74, 6) is -1.31. The summed E-state index contributed by atoms with van der Waals surface area (Å²) in [4.78, 5) is 37.2. The van der Waals surface area contributed by atoms with Crippen LogP contribution in [0.15, 0.2) is 16.9 Å². The highest BCUT2D eigenvalue weighted by molar-refractivity contribution is 5.89. The first-order chi connectivity index (χ1) is 12.5. The number of hydrogen-bond donors (Lipinski definition) is 0. The maximum absolute atomic E-state index is 12.1. The summed E-state index contributed by atoms with van der Waals surface area (Å²) in [6.45, 7) is 2.17. The second kappa shape index (κ2) is 11.4. The van der Waals surface area contributed by atoms with Crippen molar-refractivity contribution in [1.29, 1.82) is 10.5 Å². The molecule has 0 aliphatic heterocycles. The number of hydrogen-bond acceptors (Lipinski definition) is 7. The second-order valence-corrected chi connectivity index (χ2v) is 5.41. The molecule has 9 nitrogen and oxygen atoms in total. The van der Waals surface area contributed by atoms with Gasteiger partial charge in [0.25, 0.3) is 11.5 Å². The van der Waals surface area contributed by atoms with Crippen molar-refractivity contribution in [2.45, 2.75) is 39.2 Å². The molecule has 0 unspecified atom stereocenters. The predicted octanol–water partition coefficient (Wildman–Crippen LogP) is 0.856. The van der Waals surface area contributed by atoms with Gasteiger partial charge in [0.15, 0.2) is 12.3 Å². The fraction of sp³-hybridized carbons (Fsp3) is 0.529. The van der Waals surface area contributed by atoms with E-state index in [4.69, 9.17) is 15.3 Å². The van der Waals surface area contributed by atoms with Crippen molar-refractivity contribution in [3.63, 3.8) is 0 Å². The van der Waals surface area contributed by atoms with Crippen LogP contribution in [0.3, 0.4) is 0 Å². The highest BCUT2D eigenvalue weighted by Crippen LogP contribution is 2.00. The van der Waals surface area contributed by atoms with E-state index in [0.29, 0.717) is 6.54 Å². The molecule has 1 amide bonds. The van der Waals surface area contributed by atoms with Gasteiger partial charge in [0.05, 0.1) is 25.0 Å². The quantitative estimate of drug-likeness (QED) is 0.566. The zero-order chi connectivity index (χ0) is 19.4. The molecule has 0 aliphatic rings. The molecule has 0 atom stereocenters. The molecule has 0 N–H and O–H groups in total. The van der Waals surface area contributed by atoms with Gasteiger partial charge in [-0.1, -0.05) is 13.3 Å². The molecular formula is C17H21N5O4. The SMILES string of the molecule is CCCCn1nc(C(=O)OCC(=O)N(CCC#N)CCC#N)ccc1=O. The monoisotopic (exact) mass is 359 g/mol. The van der Waals surface area contributed by atoms with Crippen molar-refractivity contribution in [1.82, 2.24) is 14.7 Å². The van der Waals surface area contributed by atoms with Crippen LogP contribution in [0.4, 0.5) is 0 Å². The van der Waals surface area contributed by atoms with E-state index in [1.54, 1.807) is 0 Å². The van der Waals surface area contributed by atoms with Crippen LogP contribution in [-0.4, -0.2) is 46.3 Å². The number of carbonyl (C=O) groups is 2. The highest BCUT2D eigenvalue weighted by Gasteiger charge is 2.17. The van der Waals surface area contributed by atoms with Gasteiger partial charge in [0, 0.05) is 25.7 Å². The number of aromatic nitrogens is 2. The van der Waals surface area contributed by atoms with Crippen LogP contribution in [-0.2, 0) is 16.1 Å². The van der Waals surface area contributed by atoms with E-state index in [0.717, 1.165) is 12.8 Å². The van der Waals surface area contributed by atoms with E-state index in [1.807, 2.05) is 19.1 Å². The van der Waals surface area contributed by atoms with E-state index >= 15 is 0 Å². The molecule has 0 aliphatic carbocycles. The lowest BCUT2D eigenvalue weighted by Crippen LogP contribution is -2.36. The zero-order valence-corrected chi connectivity index (χ0v) is 14.7. The first-order valence-corrected chi connectivity index (χ1v) is 8.30. The van der Waals surface area contributed by atoms with Gasteiger partial charge >= 0.3 is 5.97 Å². The molecular weight excluding hydrogens is 338 g/mol. The van der Waals surface area contributed by atoms with Crippen molar-refractivity contribution < 1.29 is 14.3 Å². The van der Waals surface area contributed by atoms with Gasteiger partial charge < -0.3 is 9.64 Å². The van der Waals surface area contributed by atoms with Gasteiger partial charge in [-0.05, 0) is 12.5 Å². The topological polar surface area (TPSA) is 129 Å². The Hall–Kier alpha value is -3.20. The van der Waals surface area contributed by atoms with Gasteiger partial charge in [-0.15, -0.1) is 0 Å². The maximum Gasteiger partial charge on any atom is 0.359 e. The highest BCUT2D eigenvalue weighted by atomic mass is 16.5. The number of nitrogens with zero attached hydrogens (tertiary/aromatic N) is 5. The minimum absolute atomic E-state index is 0.0610. The number of unbranched alkanes of at least 4 members (excludes halogenated alkanes) is 1. The zero-order valence-electron chi connectivity index (χ0n) is 14.7. The van der Waals surface area contributed by atoms with Crippen molar-refractivity contribution in [3.8, 4) is 12.1 Å². The van der Waals surface area contributed by atoms with Crippen LogP contribution >= 0.6 is 0 Å². The average Bonchev–Trinajstić information content (AvgIpc) is 2.65. The molecule has 0 saturated carbocycles. The summed E-state index contributed by atoms with van der Waals surface area (Å²) in [5.41, 5.74) is -0.376. The van der Waals surface area contributed by atoms with Gasteiger partial charge in [0.1, 0.15) is 0 Å². The molecule has 26 heavy (non-hydrogen) atoms. The molecule has 0 spiro atoms. The summed E-state index contributed by atoms with van der Waals surface area (Å²) in [6.07, 6.45) is 1.86. The number of amides is 1. The van der Waals surface area contributed by atoms with Crippen LogP contribution in [0.5, 0.6) is 0 Å². The Labute approximate surface area is 151 Å². The first kappa shape index (κ1) is 20.8. The Morgan fingerprint density at radius 2 is 1.88 bits per heavy atom. The summed E-state index contributed by atoms with van der Waals surface area (Å²) < 4.78 is 6.14. The standard InChI is InChI=1S/C17H21N5O4/c1-2-3-12-22-15(23)7-6-14(20-22)17(25)26-13-16(24)21(10-4-8-18)11-5-9-19/h6-7H,2-5,10-13H2,1H3. The molecule has 9 heteroatoms. The summed E-state index contributed by atoms with van der Waals surface area (Å²) >= 11 is 0. The third-order valence-corrected chi connectivity index (χ3v) is 3.47. The van der Waals surface area contributed by atoms with Gasteiger partial charge in [-0.2, -0.15) is 15.6 Å². The lowest BCUT2D eigenvalue weighted by molar-refractivity contribution is -0.134. The number of esters is 1. The van der Waals surface area contributed by atoms with Crippen LogP contribution in [0.2, 0.25) is 0 Å². The van der Waals surface area contributed by atoms with E-state index < -0.39 is 18.5 Å². The number of ether oxygens (including phenoxy) is 1. The molecule has 1 aromatic rings. The molecule has 138 valence electrons. The summed E-state index contributed by atoms with van der Waals surface area (Å²) in [6, 6.07) is 6.32. The first-order valence-electron chi connectivity index (χ1n) is 8.30. The lowest BCUT2D eigenvalue weighted by Gasteiger charge is -2.20. The summed E-state index contributed by atoms with van der Waals surface area (Å²) in [5, 5.41) is 21.2. The van der Waals surface area contributed by atoms with Gasteiger partial charge in [0.2, 0.25) is 0 Å². The van der Waals surface area contributed by atoms with E-state index in [2.05, 4.69) is 5.10 Å². The Kier molecular flexibility index (Phi) is 9.12. The van der Waals surface area contributed by atoms with Crippen LogP contribution in [0, 0.1) is 22.7 Å². The van der Waals surface area contributed by atoms with Crippen LogP contribution in [0.25, 0.3) is 0 Å². The smallest absolute Gasteiger partial charge is 0.359 e. The lowest BCUT2D eigenvalue weighted by atomic mass is 10.3.